The molecule has 0 saturated carbocycles. The molecule has 1 aliphatic rings. The van der Waals surface area contributed by atoms with Crippen LogP contribution < -0.4 is 9.47 Å². The Morgan fingerprint density at radius 2 is 1.94 bits per heavy atom. The molecule has 0 bridgehead atoms. The number of pyridine rings is 1. The fraction of sp³-hybridized carbons (Fsp3) is 0.241. The molecule has 2 aromatic carbocycles. The highest BCUT2D eigenvalue weighted by Gasteiger charge is 2.26. The van der Waals surface area contributed by atoms with Gasteiger partial charge in [0.2, 0.25) is 0 Å². The van der Waals surface area contributed by atoms with Gasteiger partial charge in [0.05, 0.1) is 12.8 Å². The number of aromatic amines is 1. The van der Waals surface area contributed by atoms with E-state index >= 15 is 0 Å². The second-order valence-electron chi connectivity index (χ2n) is 9.24. The number of likely N-dealkylation sites (tertiary alicyclic amines) is 1. The first-order valence-electron chi connectivity index (χ1n) is 12.3. The molecule has 0 radical (unpaired) electrons. The highest BCUT2D eigenvalue weighted by atomic mass is 16.5. The van der Waals surface area contributed by atoms with Gasteiger partial charge in [-0.1, -0.05) is 12.1 Å². The Bertz CT molecular complexity index is 1500. The monoisotopic (exact) mass is 480 g/mol. The van der Waals surface area contributed by atoms with Crippen LogP contribution in [0.4, 0.5) is 0 Å². The third-order valence-corrected chi connectivity index (χ3v) is 7.02. The number of hydrogen-bond acceptors (Lipinski definition) is 4. The molecule has 1 aliphatic heterocycles. The number of piperidine rings is 1. The van der Waals surface area contributed by atoms with Gasteiger partial charge in [-0.05, 0) is 72.9 Å². The first-order valence-corrected chi connectivity index (χ1v) is 12.3. The van der Waals surface area contributed by atoms with Crippen molar-refractivity contribution in [3.05, 3.63) is 96.1 Å². The number of nitrogens with one attached hydrogen (secondary N) is 1. The summed E-state index contributed by atoms with van der Waals surface area (Å²) in [5.74, 6) is 1.99. The van der Waals surface area contributed by atoms with Crippen LogP contribution in [0.3, 0.4) is 0 Å². The third kappa shape index (κ3) is 4.28. The van der Waals surface area contributed by atoms with Gasteiger partial charge in [0.1, 0.15) is 23.8 Å². The number of carbonyl (C=O) groups excluding carboxylic acids is 1. The predicted octanol–water partition coefficient (Wildman–Crippen LogP) is 5.42. The van der Waals surface area contributed by atoms with Gasteiger partial charge in [0, 0.05) is 48.1 Å². The minimum Gasteiger partial charge on any atom is -0.497 e. The molecular weight excluding hydrogens is 452 g/mol. The number of hydrogen-bond donors (Lipinski definition) is 1. The number of ether oxygens (including phenoxy) is 2. The minimum atomic E-state index is 0.0484. The Hall–Kier alpha value is -4.26. The van der Waals surface area contributed by atoms with E-state index in [1.165, 1.54) is 10.9 Å². The normalized spacial score (nSPS) is 14.4. The van der Waals surface area contributed by atoms with Gasteiger partial charge in [0.25, 0.3) is 5.91 Å². The summed E-state index contributed by atoms with van der Waals surface area (Å²) in [6, 6.07) is 19.4. The summed E-state index contributed by atoms with van der Waals surface area (Å²) in [6.45, 7) is 1.80. The zero-order valence-corrected chi connectivity index (χ0v) is 20.2. The third-order valence-electron chi connectivity index (χ3n) is 7.02. The number of rotatable bonds is 6. The summed E-state index contributed by atoms with van der Waals surface area (Å²) in [7, 11) is 1.69. The Balaban J connectivity index is 1.10. The Kier molecular flexibility index (Phi) is 5.81. The zero-order valence-electron chi connectivity index (χ0n) is 20.2. The lowest BCUT2D eigenvalue weighted by atomic mass is 9.89. The molecule has 3 aromatic heterocycles. The van der Waals surface area contributed by atoms with Crippen molar-refractivity contribution >= 4 is 22.5 Å². The summed E-state index contributed by atoms with van der Waals surface area (Å²) in [6.07, 6.45) is 7.89. The molecule has 7 nitrogen and oxygen atoms in total. The lowest BCUT2D eigenvalue weighted by Crippen LogP contribution is -2.37. The topological polar surface area (TPSA) is 71.9 Å². The van der Waals surface area contributed by atoms with Gasteiger partial charge in [-0.2, -0.15) is 0 Å². The van der Waals surface area contributed by atoms with Gasteiger partial charge < -0.3 is 23.8 Å². The number of fused-ring (bicyclic) bond motifs is 2. The summed E-state index contributed by atoms with van der Waals surface area (Å²) in [5.41, 5.74) is 4.80. The molecule has 1 fully saturated rings. The molecule has 0 atom stereocenters. The standard InChI is InChI=1S/C29H28N4O3/c1-35-23-8-9-27-25(16-23)26(17-30-27)20-10-13-32(14-11-20)29(34)21-5-4-6-24(15-21)36-19-22-18-33-12-3-2-7-28(33)31-22/h2-9,12,15-18,20,30H,10-11,13-14,19H2,1H3. The van der Waals surface area contributed by atoms with Crippen LogP contribution in [0, 0.1) is 0 Å². The van der Waals surface area contributed by atoms with Crippen molar-refractivity contribution in [2.45, 2.75) is 25.4 Å². The van der Waals surface area contributed by atoms with E-state index in [1.54, 1.807) is 7.11 Å². The van der Waals surface area contributed by atoms with Crippen LogP contribution in [0.1, 0.15) is 40.4 Å². The van der Waals surface area contributed by atoms with Crippen molar-refractivity contribution in [2.75, 3.05) is 20.2 Å². The van der Waals surface area contributed by atoms with E-state index in [0.717, 1.165) is 48.5 Å². The van der Waals surface area contributed by atoms with E-state index < -0.39 is 0 Å². The summed E-state index contributed by atoms with van der Waals surface area (Å²) < 4.78 is 13.3. The number of amides is 1. The zero-order chi connectivity index (χ0) is 24.5. The molecule has 36 heavy (non-hydrogen) atoms. The Morgan fingerprint density at radius 1 is 1.06 bits per heavy atom. The van der Waals surface area contributed by atoms with Crippen LogP contribution in [0.15, 0.2) is 79.3 Å². The second kappa shape index (κ2) is 9.41. The molecular formula is C29H28N4O3. The number of benzene rings is 2. The minimum absolute atomic E-state index is 0.0484. The summed E-state index contributed by atoms with van der Waals surface area (Å²) in [4.78, 5) is 23.2. The van der Waals surface area contributed by atoms with E-state index in [-0.39, 0.29) is 5.91 Å². The van der Waals surface area contributed by atoms with Gasteiger partial charge in [0.15, 0.2) is 0 Å². The van der Waals surface area contributed by atoms with E-state index in [2.05, 4.69) is 28.3 Å². The molecule has 0 spiro atoms. The van der Waals surface area contributed by atoms with Crippen molar-refractivity contribution < 1.29 is 14.3 Å². The average molecular weight is 481 g/mol. The molecule has 182 valence electrons. The van der Waals surface area contributed by atoms with Crippen molar-refractivity contribution in [1.82, 2.24) is 19.3 Å². The van der Waals surface area contributed by atoms with Crippen molar-refractivity contribution in [3.63, 3.8) is 0 Å². The number of carbonyl (C=O) groups is 1. The van der Waals surface area contributed by atoms with Crippen LogP contribution in [0.25, 0.3) is 16.6 Å². The molecule has 1 amide bonds. The van der Waals surface area contributed by atoms with E-state index in [0.29, 0.717) is 23.8 Å². The van der Waals surface area contributed by atoms with Crippen LogP contribution in [-0.2, 0) is 6.61 Å². The highest BCUT2D eigenvalue weighted by molar-refractivity contribution is 5.94. The molecule has 1 saturated heterocycles. The van der Waals surface area contributed by atoms with Gasteiger partial charge in [-0.3, -0.25) is 4.79 Å². The lowest BCUT2D eigenvalue weighted by Gasteiger charge is -2.32. The number of methoxy groups -OCH3 is 1. The smallest absolute Gasteiger partial charge is 0.253 e. The maximum absolute atomic E-state index is 13.3. The SMILES string of the molecule is COc1ccc2[nH]cc(C3CCN(C(=O)c4cccc(OCc5cn6ccccc6n5)c4)CC3)c2c1. The van der Waals surface area contributed by atoms with Crippen molar-refractivity contribution in [3.8, 4) is 11.5 Å². The van der Waals surface area contributed by atoms with Crippen LogP contribution in [-0.4, -0.2) is 45.4 Å². The molecule has 0 unspecified atom stereocenters. The molecule has 1 N–H and O–H groups in total. The van der Waals surface area contributed by atoms with E-state index in [4.69, 9.17) is 9.47 Å². The van der Waals surface area contributed by atoms with Crippen LogP contribution in [0.2, 0.25) is 0 Å². The second-order valence-corrected chi connectivity index (χ2v) is 9.24. The number of nitrogens with zero attached hydrogens (tertiary/aromatic N) is 3. The predicted molar refractivity (Wildman–Crippen MR) is 139 cm³/mol. The molecule has 0 aliphatic carbocycles. The maximum Gasteiger partial charge on any atom is 0.253 e. The fourth-order valence-corrected chi connectivity index (χ4v) is 5.10. The molecule has 5 aromatic rings. The van der Waals surface area contributed by atoms with Crippen LogP contribution in [0.5, 0.6) is 11.5 Å². The first kappa shape index (κ1) is 22.2. The number of H-pyrrole nitrogens is 1. The van der Waals surface area contributed by atoms with Gasteiger partial charge in [-0.25, -0.2) is 4.98 Å². The summed E-state index contributed by atoms with van der Waals surface area (Å²) >= 11 is 0. The number of aromatic nitrogens is 3. The Morgan fingerprint density at radius 3 is 2.78 bits per heavy atom. The van der Waals surface area contributed by atoms with Crippen molar-refractivity contribution in [1.29, 1.82) is 0 Å². The number of imidazole rings is 1. The lowest BCUT2D eigenvalue weighted by molar-refractivity contribution is 0.0713. The maximum atomic E-state index is 13.3. The molecule has 6 rings (SSSR count). The Labute approximate surface area is 209 Å². The highest BCUT2D eigenvalue weighted by Crippen LogP contribution is 2.35. The largest absolute Gasteiger partial charge is 0.497 e. The fourth-order valence-electron chi connectivity index (χ4n) is 5.10. The van der Waals surface area contributed by atoms with Gasteiger partial charge in [-0.15, -0.1) is 0 Å². The first-order chi connectivity index (χ1) is 17.7. The molecule has 7 heteroatoms. The quantitative estimate of drug-likeness (QED) is 0.352. The van der Waals surface area contributed by atoms with Gasteiger partial charge >= 0.3 is 0 Å². The van der Waals surface area contributed by atoms with Crippen LogP contribution >= 0.6 is 0 Å². The van der Waals surface area contributed by atoms with E-state index in [1.807, 2.05) is 70.2 Å². The molecule has 4 heterocycles. The van der Waals surface area contributed by atoms with E-state index in [9.17, 15) is 4.79 Å². The average Bonchev–Trinajstić information content (AvgIpc) is 3.55. The summed E-state index contributed by atoms with van der Waals surface area (Å²) in [5, 5.41) is 1.20. The van der Waals surface area contributed by atoms with Crippen molar-refractivity contribution in [2.24, 2.45) is 0 Å².